The van der Waals surface area contributed by atoms with Crippen LogP contribution in [0.4, 0.5) is 11.4 Å². The highest BCUT2D eigenvalue weighted by atomic mass is 35.5. The predicted octanol–water partition coefficient (Wildman–Crippen LogP) is 4.69. The van der Waals surface area contributed by atoms with E-state index >= 15 is 0 Å². The Morgan fingerprint density at radius 2 is 1.92 bits per heavy atom. The molecule has 0 saturated heterocycles. The van der Waals surface area contributed by atoms with E-state index in [1.165, 1.54) is 12.1 Å². The molecule has 134 valence electrons. The highest BCUT2D eigenvalue weighted by Gasteiger charge is 2.29. The molecule has 0 bridgehead atoms. The first-order valence-corrected chi connectivity index (χ1v) is 8.41. The third-order valence-electron chi connectivity index (χ3n) is 3.64. The largest absolute Gasteiger partial charge is 0.382 e. The molecule has 1 aliphatic heterocycles. The summed E-state index contributed by atoms with van der Waals surface area (Å²) in [6, 6.07) is 8.75. The van der Waals surface area contributed by atoms with Crippen LogP contribution < -0.4 is 5.32 Å². The molecule has 1 aliphatic rings. The Kier molecular flexibility index (Phi) is 5.31. The summed E-state index contributed by atoms with van der Waals surface area (Å²) in [4.78, 5) is 27.7. The van der Waals surface area contributed by atoms with E-state index in [9.17, 15) is 14.9 Å². The Morgan fingerprint density at radius 3 is 2.58 bits per heavy atom. The number of halogens is 3. The third-order valence-corrected chi connectivity index (χ3v) is 4.69. The number of nitrogens with zero attached hydrogens (tertiary/aromatic N) is 2. The van der Waals surface area contributed by atoms with Crippen molar-refractivity contribution in [3.63, 3.8) is 0 Å². The monoisotopic (exact) mass is 413 g/mol. The minimum Gasteiger partial charge on any atom is -0.382 e. The summed E-state index contributed by atoms with van der Waals surface area (Å²) in [7, 11) is 0. The van der Waals surface area contributed by atoms with Gasteiger partial charge in [-0.25, -0.2) is 0 Å². The van der Waals surface area contributed by atoms with Crippen molar-refractivity contribution in [2.75, 3.05) is 5.32 Å². The van der Waals surface area contributed by atoms with Gasteiger partial charge >= 0.3 is 0 Å². The fourth-order valence-corrected chi connectivity index (χ4v) is 2.82. The number of benzene rings is 2. The maximum absolute atomic E-state index is 12.3. The van der Waals surface area contributed by atoms with Crippen molar-refractivity contribution >= 4 is 57.8 Å². The minimum atomic E-state index is -0.856. The topological polar surface area (TPSA) is 93.8 Å². The molecule has 1 amide bonds. The van der Waals surface area contributed by atoms with Gasteiger partial charge in [-0.15, -0.1) is 0 Å². The first-order valence-electron chi connectivity index (χ1n) is 7.28. The van der Waals surface area contributed by atoms with E-state index < -0.39 is 16.9 Å². The Labute approximate surface area is 162 Å². The number of anilines is 1. The summed E-state index contributed by atoms with van der Waals surface area (Å²) in [5, 5.41) is 18.0. The number of rotatable bonds is 4. The highest BCUT2D eigenvalue weighted by Crippen LogP contribution is 2.28. The van der Waals surface area contributed by atoms with Gasteiger partial charge in [0.1, 0.15) is 0 Å². The molecule has 0 spiro atoms. The number of nitrogens with one attached hydrogen (secondary N) is 1. The van der Waals surface area contributed by atoms with Gasteiger partial charge in [0.25, 0.3) is 11.6 Å². The molecule has 0 unspecified atom stereocenters. The minimum absolute atomic E-state index is 0.0520. The number of carbonyl (C=O) groups is 1. The summed E-state index contributed by atoms with van der Waals surface area (Å²) in [5.74, 6) is -0.473. The lowest BCUT2D eigenvalue weighted by Crippen LogP contribution is -2.28. The molecule has 1 heterocycles. The number of hydrogen-bond donors (Lipinski definition) is 1. The van der Waals surface area contributed by atoms with E-state index in [-0.39, 0.29) is 22.8 Å². The summed E-state index contributed by atoms with van der Waals surface area (Å²) in [5.41, 5.74) is 1.32. The van der Waals surface area contributed by atoms with Crippen molar-refractivity contribution < 1.29 is 14.6 Å². The molecule has 10 heteroatoms. The molecule has 0 radical (unpaired) electrons. The molecule has 7 nitrogen and oxygen atoms in total. The smallest absolute Gasteiger partial charge is 0.271 e. The molecule has 1 atom stereocenters. The summed E-state index contributed by atoms with van der Waals surface area (Å²) >= 11 is 17.8. The van der Waals surface area contributed by atoms with Crippen molar-refractivity contribution in [3.05, 3.63) is 67.1 Å². The summed E-state index contributed by atoms with van der Waals surface area (Å²) in [6.07, 6.45) is -0.625. The molecule has 0 aromatic heterocycles. The standard InChI is InChI=1S/C16H10Cl3N3O4/c17-10-3-1-8(5-11(10)18)14-7-15(26-21-14)16(23)20-13-4-2-9(22(24)25)6-12(13)19/h1-6,15H,7H2,(H,20,23)/t15-/m1/s1. The maximum Gasteiger partial charge on any atom is 0.271 e. The number of hydrogen-bond acceptors (Lipinski definition) is 5. The number of amides is 1. The number of oxime groups is 1. The predicted molar refractivity (Wildman–Crippen MR) is 99.2 cm³/mol. The van der Waals surface area contributed by atoms with Gasteiger partial charge in [-0.1, -0.05) is 46.0 Å². The molecule has 1 N–H and O–H groups in total. The molecular formula is C16H10Cl3N3O4. The first kappa shape index (κ1) is 18.4. The van der Waals surface area contributed by atoms with E-state index in [0.29, 0.717) is 21.3 Å². The van der Waals surface area contributed by atoms with Gasteiger partial charge in [0.2, 0.25) is 6.10 Å². The lowest BCUT2D eigenvalue weighted by molar-refractivity contribution is -0.384. The fourth-order valence-electron chi connectivity index (χ4n) is 2.30. The van der Waals surface area contributed by atoms with Gasteiger partial charge in [-0.05, 0) is 18.2 Å². The zero-order valence-electron chi connectivity index (χ0n) is 12.9. The summed E-state index contributed by atoms with van der Waals surface area (Å²) < 4.78 is 0. The van der Waals surface area contributed by atoms with Crippen LogP contribution >= 0.6 is 34.8 Å². The van der Waals surface area contributed by atoms with Gasteiger partial charge in [-0.3, -0.25) is 14.9 Å². The van der Waals surface area contributed by atoms with Crippen LogP contribution in [-0.2, 0) is 9.63 Å². The number of nitro benzene ring substituents is 1. The SMILES string of the molecule is O=C(Nc1ccc([N+](=O)[O-])cc1Cl)[C@H]1CC(c2ccc(Cl)c(Cl)c2)=NO1. The van der Waals surface area contributed by atoms with Crippen LogP contribution in [0.3, 0.4) is 0 Å². The van der Waals surface area contributed by atoms with Gasteiger partial charge in [0.15, 0.2) is 0 Å². The molecule has 0 saturated carbocycles. The van der Waals surface area contributed by atoms with Gasteiger partial charge < -0.3 is 10.2 Å². The van der Waals surface area contributed by atoms with Crippen molar-refractivity contribution in [3.8, 4) is 0 Å². The molecule has 0 fully saturated rings. The van der Waals surface area contributed by atoms with Crippen LogP contribution in [0.1, 0.15) is 12.0 Å². The van der Waals surface area contributed by atoms with Crippen LogP contribution in [0.5, 0.6) is 0 Å². The number of carbonyl (C=O) groups excluding carboxylic acids is 1. The zero-order valence-corrected chi connectivity index (χ0v) is 15.2. The van der Waals surface area contributed by atoms with E-state index in [1.807, 2.05) is 0 Å². The Balaban J connectivity index is 1.67. The second kappa shape index (κ2) is 7.49. The summed E-state index contributed by atoms with van der Waals surface area (Å²) in [6.45, 7) is 0. The fraction of sp³-hybridized carbons (Fsp3) is 0.125. The third kappa shape index (κ3) is 3.90. The molecule has 2 aromatic carbocycles. The first-order chi connectivity index (χ1) is 12.3. The van der Waals surface area contributed by atoms with Crippen molar-refractivity contribution in [1.29, 1.82) is 0 Å². The molecule has 26 heavy (non-hydrogen) atoms. The van der Waals surface area contributed by atoms with E-state index in [1.54, 1.807) is 18.2 Å². The molecule has 2 aromatic rings. The van der Waals surface area contributed by atoms with Crippen molar-refractivity contribution in [1.82, 2.24) is 0 Å². The second-order valence-corrected chi connectivity index (χ2v) is 6.60. The average molecular weight is 415 g/mol. The van der Waals surface area contributed by atoms with Crippen LogP contribution in [0.15, 0.2) is 41.6 Å². The van der Waals surface area contributed by atoms with Crippen molar-refractivity contribution in [2.45, 2.75) is 12.5 Å². The van der Waals surface area contributed by atoms with Crippen LogP contribution in [0, 0.1) is 10.1 Å². The number of nitro groups is 1. The van der Waals surface area contributed by atoms with Gasteiger partial charge in [-0.2, -0.15) is 0 Å². The zero-order chi connectivity index (χ0) is 18.8. The second-order valence-electron chi connectivity index (χ2n) is 5.38. The van der Waals surface area contributed by atoms with E-state index in [0.717, 1.165) is 6.07 Å². The lowest BCUT2D eigenvalue weighted by Gasteiger charge is -2.10. The van der Waals surface area contributed by atoms with E-state index in [2.05, 4.69) is 10.5 Å². The van der Waals surface area contributed by atoms with Gasteiger partial charge in [0, 0.05) is 24.1 Å². The van der Waals surface area contributed by atoms with Crippen LogP contribution in [-0.4, -0.2) is 22.6 Å². The lowest BCUT2D eigenvalue weighted by atomic mass is 10.0. The average Bonchev–Trinajstić information content (AvgIpc) is 3.09. The number of non-ortho nitro benzene ring substituents is 1. The molecule has 3 rings (SSSR count). The molecule has 0 aliphatic carbocycles. The Hall–Kier alpha value is -2.35. The quantitative estimate of drug-likeness (QED) is 0.580. The van der Waals surface area contributed by atoms with Crippen molar-refractivity contribution in [2.24, 2.45) is 5.16 Å². The highest BCUT2D eigenvalue weighted by molar-refractivity contribution is 6.42. The Morgan fingerprint density at radius 1 is 1.15 bits per heavy atom. The van der Waals surface area contributed by atoms with Gasteiger partial charge in [0.05, 0.1) is 31.4 Å². The Bertz CT molecular complexity index is 933. The normalized spacial score (nSPS) is 16.0. The maximum atomic E-state index is 12.3. The van der Waals surface area contributed by atoms with E-state index in [4.69, 9.17) is 39.6 Å². The molecular weight excluding hydrogens is 405 g/mol. The van der Waals surface area contributed by atoms with Crippen LogP contribution in [0.2, 0.25) is 15.1 Å². The van der Waals surface area contributed by atoms with Crippen LogP contribution in [0.25, 0.3) is 0 Å².